The van der Waals surface area contributed by atoms with E-state index in [0.29, 0.717) is 23.8 Å². The second-order valence-corrected chi connectivity index (χ2v) is 8.61. The Kier molecular flexibility index (Phi) is 6.83. The minimum atomic E-state index is -0.0376. The third-order valence-electron chi connectivity index (χ3n) is 6.28. The van der Waals surface area contributed by atoms with Crippen molar-refractivity contribution >= 4 is 17.1 Å². The van der Waals surface area contributed by atoms with E-state index in [9.17, 15) is 0 Å². The first-order valence-electron chi connectivity index (χ1n) is 11.0. The van der Waals surface area contributed by atoms with Gasteiger partial charge in [-0.1, -0.05) is 43.0 Å². The number of nitrogens with two attached hydrogens (primary N) is 1. The maximum absolute atomic E-state index is 6.30. The van der Waals surface area contributed by atoms with Crippen LogP contribution in [0.5, 0.6) is 0 Å². The summed E-state index contributed by atoms with van der Waals surface area (Å²) in [6.45, 7) is 15.0. The van der Waals surface area contributed by atoms with Crippen LogP contribution in [0.15, 0.2) is 96.6 Å². The van der Waals surface area contributed by atoms with Gasteiger partial charge < -0.3 is 10.5 Å². The smallest absolute Gasteiger partial charge is 0.224 e. The highest BCUT2D eigenvalue weighted by Crippen LogP contribution is 2.39. The van der Waals surface area contributed by atoms with E-state index in [4.69, 9.17) is 10.5 Å². The Labute approximate surface area is 192 Å². The summed E-state index contributed by atoms with van der Waals surface area (Å²) in [5.41, 5.74) is 13.7. The number of hydrogen-bond acceptors (Lipinski definition) is 2. The van der Waals surface area contributed by atoms with Crippen molar-refractivity contribution in [2.24, 2.45) is 5.73 Å². The van der Waals surface area contributed by atoms with Crippen LogP contribution in [0.25, 0.3) is 0 Å². The van der Waals surface area contributed by atoms with Crippen LogP contribution < -0.4 is 5.73 Å². The lowest BCUT2D eigenvalue weighted by molar-refractivity contribution is -0.439. The van der Waals surface area contributed by atoms with Gasteiger partial charge in [-0.3, -0.25) is 0 Å². The summed E-state index contributed by atoms with van der Waals surface area (Å²) in [5, 5.41) is 0. The number of ether oxygens (including phenoxy) is 1. The molecule has 0 bridgehead atoms. The number of rotatable bonds is 7. The predicted molar refractivity (Wildman–Crippen MR) is 135 cm³/mol. The molecule has 1 aromatic rings. The van der Waals surface area contributed by atoms with Gasteiger partial charge in [0.1, 0.15) is 25.6 Å². The van der Waals surface area contributed by atoms with Crippen LogP contribution in [-0.4, -0.2) is 41.3 Å². The van der Waals surface area contributed by atoms with Crippen molar-refractivity contribution in [2.75, 3.05) is 20.7 Å². The number of hydrogen-bond donors (Lipinski definition) is 1. The summed E-state index contributed by atoms with van der Waals surface area (Å²) < 4.78 is 9.89. The van der Waals surface area contributed by atoms with Gasteiger partial charge in [-0.05, 0) is 39.0 Å². The number of fused-ring (bicyclic) bond motifs is 1. The molecular formula is C28H35N3O+2. The average molecular weight is 430 g/mol. The molecule has 0 unspecified atom stereocenters. The van der Waals surface area contributed by atoms with E-state index in [1.54, 1.807) is 6.08 Å². The first-order chi connectivity index (χ1) is 15.2. The van der Waals surface area contributed by atoms with Crippen LogP contribution in [0.2, 0.25) is 0 Å². The lowest BCUT2D eigenvalue weighted by atomic mass is 9.81. The molecule has 1 heterocycles. The van der Waals surface area contributed by atoms with E-state index < -0.39 is 0 Å². The van der Waals surface area contributed by atoms with E-state index in [1.807, 2.05) is 18.5 Å². The van der Waals surface area contributed by atoms with Crippen molar-refractivity contribution < 1.29 is 13.9 Å². The molecule has 1 aromatic carbocycles. The Hall–Kier alpha value is -3.40. The van der Waals surface area contributed by atoms with Gasteiger partial charge in [0.25, 0.3) is 0 Å². The third kappa shape index (κ3) is 4.31. The van der Waals surface area contributed by atoms with E-state index in [2.05, 4.69) is 93.3 Å². The number of likely N-dealkylation sites (N-methyl/N-ethyl adjacent to an activating group) is 1. The molecule has 32 heavy (non-hydrogen) atoms. The minimum absolute atomic E-state index is 0.0376. The van der Waals surface area contributed by atoms with E-state index in [-0.39, 0.29) is 5.41 Å². The summed E-state index contributed by atoms with van der Waals surface area (Å²) in [6, 6.07) is 8.62. The molecule has 0 atom stereocenters. The quantitative estimate of drug-likeness (QED) is 0.371. The normalized spacial score (nSPS) is 19.5. The van der Waals surface area contributed by atoms with Crippen LogP contribution in [0.4, 0.5) is 5.69 Å². The lowest BCUT2D eigenvalue weighted by Gasteiger charge is -2.15. The molecule has 0 radical (unpaired) electrons. The van der Waals surface area contributed by atoms with E-state index in [0.717, 1.165) is 12.1 Å². The molecule has 166 valence electrons. The maximum Gasteiger partial charge on any atom is 0.224 e. The second kappa shape index (κ2) is 9.39. The number of nitrogens with zero attached hydrogens (tertiary/aromatic N) is 2. The van der Waals surface area contributed by atoms with E-state index >= 15 is 0 Å². The fourth-order valence-electron chi connectivity index (χ4n) is 4.34. The topological polar surface area (TPSA) is 41.3 Å². The highest BCUT2D eigenvalue weighted by molar-refractivity contribution is 6.03. The fourth-order valence-corrected chi connectivity index (χ4v) is 4.34. The zero-order valence-electron chi connectivity index (χ0n) is 20.0. The summed E-state index contributed by atoms with van der Waals surface area (Å²) >= 11 is 0. The first-order valence-corrected chi connectivity index (χ1v) is 11.0. The van der Waals surface area contributed by atoms with Gasteiger partial charge in [0.15, 0.2) is 11.4 Å². The van der Waals surface area contributed by atoms with Gasteiger partial charge in [-0.25, -0.2) is 0 Å². The fraction of sp³-hybridized carbons (Fsp3) is 0.286. The molecule has 1 aliphatic carbocycles. The van der Waals surface area contributed by atoms with Crippen LogP contribution in [0.1, 0.15) is 32.8 Å². The van der Waals surface area contributed by atoms with Gasteiger partial charge in [-0.15, -0.1) is 0 Å². The Morgan fingerprint density at radius 1 is 1.28 bits per heavy atom. The monoisotopic (exact) mass is 429 g/mol. The summed E-state index contributed by atoms with van der Waals surface area (Å²) in [5.74, 6) is 0.558. The SMILES string of the molecule is C=C/C(OCC)=C(/N)C(=C)/[N+](C)=C1/C=CC=C(/C=C/C2=[N+](C)c3ccccc3C2(C)C)C1. The summed E-state index contributed by atoms with van der Waals surface area (Å²) in [4.78, 5) is 0. The highest BCUT2D eigenvalue weighted by atomic mass is 16.5. The Balaban J connectivity index is 1.85. The predicted octanol–water partition coefficient (Wildman–Crippen LogP) is 5.12. The Morgan fingerprint density at radius 2 is 2.00 bits per heavy atom. The highest BCUT2D eigenvalue weighted by Gasteiger charge is 2.42. The van der Waals surface area contributed by atoms with Gasteiger partial charge in [-0.2, -0.15) is 9.15 Å². The molecule has 1 aliphatic heterocycles. The summed E-state index contributed by atoms with van der Waals surface area (Å²) in [7, 11) is 4.12. The second-order valence-electron chi connectivity index (χ2n) is 8.61. The van der Waals surface area contributed by atoms with Crippen molar-refractivity contribution in [1.29, 1.82) is 0 Å². The molecule has 0 fully saturated rings. The summed E-state index contributed by atoms with van der Waals surface area (Å²) in [6.07, 6.45) is 13.2. The number of allylic oxidation sites excluding steroid dienone is 7. The zero-order chi connectivity index (χ0) is 23.5. The molecule has 2 aliphatic rings. The van der Waals surface area contributed by atoms with Gasteiger partial charge in [0, 0.05) is 23.8 Å². The molecule has 3 rings (SSSR count). The molecular weight excluding hydrogens is 394 g/mol. The molecule has 0 saturated heterocycles. The third-order valence-corrected chi connectivity index (χ3v) is 6.28. The van der Waals surface area contributed by atoms with Gasteiger partial charge in [0.05, 0.1) is 18.4 Å². The van der Waals surface area contributed by atoms with Crippen LogP contribution in [0, 0.1) is 0 Å². The average Bonchev–Trinajstić information content (AvgIpc) is 3.00. The molecule has 2 N–H and O–H groups in total. The van der Waals surface area contributed by atoms with Crippen molar-refractivity contribution in [2.45, 2.75) is 32.6 Å². The van der Waals surface area contributed by atoms with E-state index in [1.165, 1.54) is 22.5 Å². The molecule has 4 heteroatoms. The van der Waals surface area contributed by atoms with Gasteiger partial charge in [0.2, 0.25) is 11.4 Å². The first kappa shape index (κ1) is 23.3. The Bertz CT molecular complexity index is 1140. The maximum atomic E-state index is 6.30. The van der Waals surface area contributed by atoms with Crippen molar-refractivity contribution in [3.8, 4) is 0 Å². The number of para-hydroxylation sites is 1. The Morgan fingerprint density at radius 3 is 2.66 bits per heavy atom. The molecule has 0 saturated carbocycles. The number of benzene rings is 1. The standard InChI is InChI=1S/C28H35N3O/c1-8-25(32-9-2)27(29)20(3)30(6)22-14-12-13-21(19-22)17-18-26-28(4,5)23-15-10-11-16-24(23)31(26)7/h8,10-18H,1,3,9,19,29H2,2,4-7H3/q+2/b18-17+,27-25-,30-22-. The molecule has 4 nitrogen and oxygen atoms in total. The minimum Gasteiger partial charge on any atom is -0.491 e. The zero-order valence-corrected chi connectivity index (χ0v) is 20.0. The van der Waals surface area contributed by atoms with Crippen LogP contribution in [-0.2, 0) is 10.2 Å². The van der Waals surface area contributed by atoms with Crippen LogP contribution >= 0.6 is 0 Å². The van der Waals surface area contributed by atoms with Crippen molar-refractivity contribution in [1.82, 2.24) is 0 Å². The van der Waals surface area contributed by atoms with Crippen molar-refractivity contribution in [3.63, 3.8) is 0 Å². The van der Waals surface area contributed by atoms with Crippen molar-refractivity contribution in [3.05, 3.63) is 102 Å². The lowest BCUT2D eigenvalue weighted by Crippen LogP contribution is -2.26. The van der Waals surface area contributed by atoms with Crippen LogP contribution in [0.3, 0.4) is 0 Å². The van der Waals surface area contributed by atoms with Gasteiger partial charge >= 0.3 is 0 Å². The molecule has 0 amide bonds. The largest absolute Gasteiger partial charge is 0.491 e. The molecule has 0 spiro atoms. The molecule has 0 aromatic heterocycles.